The van der Waals surface area contributed by atoms with Crippen molar-refractivity contribution in [3.8, 4) is 17.0 Å². The van der Waals surface area contributed by atoms with Crippen molar-refractivity contribution in [2.24, 2.45) is 0 Å². The van der Waals surface area contributed by atoms with Crippen molar-refractivity contribution < 1.29 is 4.74 Å². The molecule has 1 aliphatic carbocycles. The number of nitrogens with zero attached hydrogens (tertiary/aromatic N) is 2. The first-order chi connectivity index (χ1) is 8.76. The fourth-order valence-electron chi connectivity index (χ4n) is 1.87. The summed E-state index contributed by atoms with van der Waals surface area (Å²) in [6.45, 7) is 0. The maximum absolute atomic E-state index is 5.16. The number of halogens is 1. The zero-order chi connectivity index (χ0) is 12.5. The van der Waals surface area contributed by atoms with Gasteiger partial charge in [-0.05, 0) is 59.1 Å². The van der Waals surface area contributed by atoms with Crippen molar-refractivity contribution in [3.05, 3.63) is 40.8 Å². The Hall–Kier alpha value is -1.42. The van der Waals surface area contributed by atoms with Crippen molar-refractivity contribution >= 4 is 15.9 Å². The van der Waals surface area contributed by atoms with Crippen LogP contribution in [0.1, 0.15) is 24.6 Å². The standard InChI is InChI=1S/C14H13BrN2O/c1-18-11-6-4-9(5-7-11)12-8-13(15)17-14(16-12)10-2-3-10/h4-8,10H,2-3H2,1H3. The third kappa shape index (κ3) is 2.38. The van der Waals surface area contributed by atoms with Crippen LogP contribution in [0.3, 0.4) is 0 Å². The highest BCUT2D eigenvalue weighted by Gasteiger charge is 2.27. The number of methoxy groups -OCH3 is 1. The van der Waals surface area contributed by atoms with Crippen molar-refractivity contribution in [2.75, 3.05) is 7.11 Å². The van der Waals surface area contributed by atoms with Gasteiger partial charge in [0.15, 0.2) is 0 Å². The summed E-state index contributed by atoms with van der Waals surface area (Å²) in [6, 6.07) is 9.88. The van der Waals surface area contributed by atoms with E-state index in [1.165, 1.54) is 12.8 Å². The van der Waals surface area contributed by atoms with E-state index in [4.69, 9.17) is 4.74 Å². The Morgan fingerprint density at radius 2 is 1.89 bits per heavy atom. The lowest BCUT2D eigenvalue weighted by molar-refractivity contribution is 0.415. The van der Waals surface area contributed by atoms with Gasteiger partial charge in [-0.15, -0.1) is 0 Å². The molecule has 0 atom stereocenters. The Morgan fingerprint density at radius 3 is 2.50 bits per heavy atom. The van der Waals surface area contributed by atoms with Gasteiger partial charge in [0.1, 0.15) is 16.2 Å². The highest BCUT2D eigenvalue weighted by Crippen LogP contribution is 2.39. The van der Waals surface area contributed by atoms with Gasteiger partial charge in [0.25, 0.3) is 0 Å². The van der Waals surface area contributed by atoms with Crippen LogP contribution in [0.5, 0.6) is 5.75 Å². The van der Waals surface area contributed by atoms with Crippen molar-refractivity contribution in [1.29, 1.82) is 0 Å². The molecular weight excluding hydrogens is 292 g/mol. The Bertz CT molecular complexity index is 565. The second-order valence-electron chi connectivity index (χ2n) is 4.44. The van der Waals surface area contributed by atoms with E-state index in [0.717, 1.165) is 27.4 Å². The molecule has 0 unspecified atom stereocenters. The van der Waals surface area contributed by atoms with Crippen LogP contribution in [0.4, 0.5) is 0 Å². The largest absolute Gasteiger partial charge is 0.497 e. The molecule has 0 spiro atoms. The van der Waals surface area contributed by atoms with Gasteiger partial charge in [-0.2, -0.15) is 0 Å². The molecular formula is C14H13BrN2O. The van der Waals surface area contributed by atoms with Crippen LogP contribution in [0.15, 0.2) is 34.9 Å². The van der Waals surface area contributed by atoms with Gasteiger partial charge in [0.2, 0.25) is 0 Å². The van der Waals surface area contributed by atoms with E-state index in [1.54, 1.807) is 7.11 Å². The number of hydrogen-bond donors (Lipinski definition) is 0. The minimum Gasteiger partial charge on any atom is -0.497 e. The number of hydrogen-bond acceptors (Lipinski definition) is 3. The molecule has 0 saturated heterocycles. The highest BCUT2D eigenvalue weighted by atomic mass is 79.9. The Labute approximate surface area is 114 Å². The first kappa shape index (κ1) is 11.7. The summed E-state index contributed by atoms with van der Waals surface area (Å²) in [5.74, 6) is 2.36. The smallest absolute Gasteiger partial charge is 0.133 e. The zero-order valence-electron chi connectivity index (χ0n) is 10.1. The predicted octanol–water partition coefficient (Wildman–Crippen LogP) is 3.79. The summed E-state index contributed by atoms with van der Waals surface area (Å²) in [4.78, 5) is 9.08. The lowest BCUT2D eigenvalue weighted by atomic mass is 10.1. The van der Waals surface area contributed by atoms with Crippen LogP contribution in [-0.4, -0.2) is 17.1 Å². The number of aromatic nitrogens is 2. The van der Waals surface area contributed by atoms with Gasteiger partial charge in [-0.1, -0.05) is 0 Å². The van der Waals surface area contributed by atoms with E-state index in [2.05, 4.69) is 25.9 Å². The quantitative estimate of drug-likeness (QED) is 0.809. The number of rotatable bonds is 3. The molecule has 1 fully saturated rings. The fourth-order valence-corrected chi connectivity index (χ4v) is 2.27. The normalized spacial score (nSPS) is 14.6. The molecule has 18 heavy (non-hydrogen) atoms. The molecule has 1 aromatic carbocycles. The number of ether oxygens (including phenoxy) is 1. The molecule has 3 rings (SSSR count). The Kier molecular flexibility index (Phi) is 3.04. The summed E-state index contributed by atoms with van der Waals surface area (Å²) < 4.78 is 6.01. The molecule has 1 aliphatic rings. The summed E-state index contributed by atoms with van der Waals surface area (Å²) in [5.41, 5.74) is 2.04. The topological polar surface area (TPSA) is 35.0 Å². The van der Waals surface area contributed by atoms with Gasteiger partial charge < -0.3 is 4.74 Å². The molecule has 2 aromatic rings. The van der Waals surface area contributed by atoms with Crippen LogP contribution in [-0.2, 0) is 0 Å². The minimum atomic E-state index is 0.555. The maximum atomic E-state index is 5.16. The van der Waals surface area contributed by atoms with E-state index in [0.29, 0.717) is 5.92 Å². The SMILES string of the molecule is COc1ccc(-c2cc(Br)nc(C3CC3)n2)cc1. The first-order valence-corrected chi connectivity index (χ1v) is 6.74. The fraction of sp³-hybridized carbons (Fsp3) is 0.286. The molecule has 0 radical (unpaired) electrons. The van der Waals surface area contributed by atoms with Crippen LogP contribution < -0.4 is 4.74 Å². The first-order valence-electron chi connectivity index (χ1n) is 5.95. The summed E-state index contributed by atoms with van der Waals surface area (Å²) in [5, 5.41) is 0. The lowest BCUT2D eigenvalue weighted by Gasteiger charge is -2.05. The van der Waals surface area contributed by atoms with Crippen LogP contribution >= 0.6 is 15.9 Å². The second kappa shape index (κ2) is 4.69. The molecule has 0 amide bonds. The van der Waals surface area contributed by atoms with Gasteiger partial charge in [0.05, 0.1) is 12.8 Å². The Morgan fingerprint density at radius 1 is 1.17 bits per heavy atom. The third-order valence-electron chi connectivity index (χ3n) is 3.04. The summed E-state index contributed by atoms with van der Waals surface area (Å²) in [6.07, 6.45) is 2.41. The average Bonchev–Trinajstić information content (AvgIpc) is 3.22. The van der Waals surface area contributed by atoms with E-state index in [-0.39, 0.29) is 0 Å². The van der Waals surface area contributed by atoms with Gasteiger partial charge in [-0.3, -0.25) is 0 Å². The van der Waals surface area contributed by atoms with Crippen LogP contribution in [0.25, 0.3) is 11.3 Å². The van der Waals surface area contributed by atoms with Gasteiger partial charge in [-0.25, -0.2) is 9.97 Å². The summed E-state index contributed by atoms with van der Waals surface area (Å²) in [7, 11) is 1.67. The molecule has 1 aromatic heterocycles. The maximum Gasteiger partial charge on any atom is 0.133 e. The second-order valence-corrected chi connectivity index (χ2v) is 5.25. The molecule has 3 nitrogen and oxygen atoms in total. The predicted molar refractivity (Wildman–Crippen MR) is 73.7 cm³/mol. The van der Waals surface area contributed by atoms with E-state index >= 15 is 0 Å². The van der Waals surface area contributed by atoms with E-state index in [1.807, 2.05) is 30.3 Å². The van der Waals surface area contributed by atoms with Gasteiger partial charge >= 0.3 is 0 Å². The van der Waals surface area contributed by atoms with E-state index < -0.39 is 0 Å². The molecule has 1 heterocycles. The average molecular weight is 305 g/mol. The van der Waals surface area contributed by atoms with Crippen molar-refractivity contribution in [3.63, 3.8) is 0 Å². The van der Waals surface area contributed by atoms with Crippen molar-refractivity contribution in [2.45, 2.75) is 18.8 Å². The minimum absolute atomic E-state index is 0.555. The highest BCUT2D eigenvalue weighted by molar-refractivity contribution is 9.10. The molecule has 4 heteroatoms. The van der Waals surface area contributed by atoms with E-state index in [9.17, 15) is 0 Å². The molecule has 0 aliphatic heterocycles. The summed E-state index contributed by atoms with van der Waals surface area (Å²) >= 11 is 3.46. The lowest BCUT2D eigenvalue weighted by Crippen LogP contribution is -1.95. The molecule has 1 saturated carbocycles. The number of benzene rings is 1. The molecule has 92 valence electrons. The molecule has 0 N–H and O–H groups in total. The zero-order valence-corrected chi connectivity index (χ0v) is 11.6. The van der Waals surface area contributed by atoms with Crippen LogP contribution in [0.2, 0.25) is 0 Å². The van der Waals surface area contributed by atoms with Gasteiger partial charge in [0, 0.05) is 11.5 Å². The van der Waals surface area contributed by atoms with Crippen molar-refractivity contribution in [1.82, 2.24) is 9.97 Å². The van der Waals surface area contributed by atoms with Crippen LogP contribution in [0, 0.1) is 0 Å². The Balaban J connectivity index is 1.98. The monoisotopic (exact) mass is 304 g/mol. The molecule has 0 bridgehead atoms. The third-order valence-corrected chi connectivity index (χ3v) is 3.45.